The maximum absolute atomic E-state index is 9.44. The molecule has 0 saturated heterocycles. The molecule has 4 rings (SSSR count). The highest BCUT2D eigenvalue weighted by Crippen LogP contribution is 2.53. The Morgan fingerprint density at radius 3 is 2.48 bits per heavy atom. The van der Waals surface area contributed by atoms with Gasteiger partial charge in [-0.3, -0.25) is 0 Å². The quantitative estimate of drug-likeness (QED) is 0.673. The number of aryl methyl sites for hydroxylation is 2. The Morgan fingerprint density at radius 2 is 1.78 bits per heavy atom. The van der Waals surface area contributed by atoms with Gasteiger partial charge in [-0.2, -0.15) is 10.2 Å². The third kappa shape index (κ3) is 2.96. The summed E-state index contributed by atoms with van der Waals surface area (Å²) in [7, 11) is 0. The van der Waals surface area contributed by atoms with E-state index in [0.29, 0.717) is 17.1 Å². The molecule has 0 spiro atoms. The number of nitriles is 1. The summed E-state index contributed by atoms with van der Waals surface area (Å²) in [6.45, 7) is 4.07. The maximum Gasteiger partial charge on any atom is 0.228 e. The van der Waals surface area contributed by atoms with Crippen LogP contribution in [0.1, 0.15) is 33.1 Å². The van der Waals surface area contributed by atoms with E-state index in [1.807, 2.05) is 25.1 Å². The minimum absolute atomic E-state index is 0.0870. The topological polar surface area (TPSA) is 98.0 Å². The summed E-state index contributed by atoms with van der Waals surface area (Å²) in [5.41, 5.74) is 16.8. The standard InChI is InChI=1S/C21H18N4OS/c1-11-3-6-13(7-4-11)27-19-14-8-5-12(2)9-16(14)26-21-17(19)18(23)15(10-22)20(24)25-21/h3-9,19H,1-2H3,(H4,23,24,25). The van der Waals surface area contributed by atoms with E-state index in [4.69, 9.17) is 16.2 Å². The van der Waals surface area contributed by atoms with E-state index in [0.717, 1.165) is 21.8 Å². The number of pyridine rings is 1. The molecule has 27 heavy (non-hydrogen) atoms. The predicted octanol–water partition coefficient (Wildman–Crippen LogP) is 4.72. The lowest BCUT2D eigenvalue weighted by atomic mass is 9.97. The van der Waals surface area contributed by atoms with Crippen LogP contribution in [-0.4, -0.2) is 4.98 Å². The molecule has 1 aromatic heterocycles. The van der Waals surface area contributed by atoms with Crippen molar-refractivity contribution >= 4 is 23.3 Å². The van der Waals surface area contributed by atoms with E-state index >= 15 is 0 Å². The fraction of sp³-hybridized carbons (Fsp3) is 0.143. The molecule has 6 heteroatoms. The molecule has 0 saturated carbocycles. The Hall–Kier alpha value is -3.17. The molecule has 2 heterocycles. The summed E-state index contributed by atoms with van der Waals surface area (Å²) < 4.78 is 6.01. The molecule has 1 aliphatic heterocycles. The van der Waals surface area contributed by atoms with Gasteiger partial charge in [-0.05, 0) is 37.6 Å². The molecule has 0 aliphatic carbocycles. The highest BCUT2D eigenvalue weighted by Gasteiger charge is 2.33. The van der Waals surface area contributed by atoms with Gasteiger partial charge >= 0.3 is 0 Å². The number of aromatic nitrogens is 1. The maximum atomic E-state index is 9.44. The Morgan fingerprint density at radius 1 is 1.07 bits per heavy atom. The number of nitrogens with two attached hydrogens (primary N) is 2. The van der Waals surface area contributed by atoms with Crippen LogP contribution < -0.4 is 16.2 Å². The predicted molar refractivity (Wildman–Crippen MR) is 108 cm³/mol. The van der Waals surface area contributed by atoms with Crippen LogP contribution in [0.25, 0.3) is 0 Å². The summed E-state index contributed by atoms with van der Waals surface area (Å²) in [4.78, 5) is 5.42. The Bertz CT molecular complexity index is 1090. The van der Waals surface area contributed by atoms with Gasteiger partial charge in [-0.15, -0.1) is 11.8 Å². The average molecular weight is 374 g/mol. The summed E-state index contributed by atoms with van der Waals surface area (Å²) in [5.74, 6) is 1.19. The summed E-state index contributed by atoms with van der Waals surface area (Å²) in [6.07, 6.45) is 0. The van der Waals surface area contributed by atoms with Crippen molar-refractivity contribution in [1.29, 1.82) is 5.26 Å². The molecule has 0 bridgehead atoms. The average Bonchev–Trinajstić information content (AvgIpc) is 2.63. The zero-order valence-corrected chi connectivity index (χ0v) is 15.8. The van der Waals surface area contributed by atoms with Crippen molar-refractivity contribution < 1.29 is 4.74 Å². The first-order valence-electron chi connectivity index (χ1n) is 8.48. The third-order valence-corrected chi connectivity index (χ3v) is 5.84. The number of nitrogens with zero attached hydrogens (tertiary/aromatic N) is 2. The SMILES string of the molecule is Cc1ccc(SC2c3ccc(C)cc3Oc3nc(N)c(C#N)c(N)c32)cc1. The van der Waals surface area contributed by atoms with Crippen LogP contribution in [0.3, 0.4) is 0 Å². The van der Waals surface area contributed by atoms with E-state index in [1.54, 1.807) is 11.8 Å². The number of anilines is 2. The first kappa shape index (κ1) is 17.3. The Labute approximate surface area is 162 Å². The minimum atomic E-state index is -0.146. The molecule has 1 aliphatic rings. The van der Waals surface area contributed by atoms with Crippen LogP contribution in [0.15, 0.2) is 47.4 Å². The number of thioether (sulfide) groups is 1. The van der Waals surface area contributed by atoms with Crippen molar-refractivity contribution in [3.05, 3.63) is 70.3 Å². The summed E-state index contributed by atoms with van der Waals surface area (Å²) in [5, 5.41) is 9.30. The fourth-order valence-corrected chi connectivity index (χ4v) is 4.38. The summed E-state index contributed by atoms with van der Waals surface area (Å²) in [6, 6.07) is 16.4. The zero-order valence-electron chi connectivity index (χ0n) is 15.0. The lowest BCUT2D eigenvalue weighted by Gasteiger charge is -2.29. The lowest BCUT2D eigenvalue weighted by Crippen LogP contribution is -2.15. The smallest absolute Gasteiger partial charge is 0.228 e. The summed E-state index contributed by atoms with van der Waals surface area (Å²) >= 11 is 1.65. The van der Waals surface area contributed by atoms with Crippen molar-refractivity contribution in [3.63, 3.8) is 0 Å². The molecule has 0 fully saturated rings. The van der Waals surface area contributed by atoms with Crippen LogP contribution in [-0.2, 0) is 0 Å². The van der Waals surface area contributed by atoms with Gasteiger partial charge in [0, 0.05) is 10.5 Å². The van der Waals surface area contributed by atoms with Gasteiger partial charge in [0.1, 0.15) is 23.2 Å². The van der Waals surface area contributed by atoms with Crippen LogP contribution in [0.4, 0.5) is 11.5 Å². The molecule has 5 nitrogen and oxygen atoms in total. The molecule has 1 atom stereocenters. The highest BCUT2D eigenvalue weighted by atomic mass is 32.2. The van der Waals surface area contributed by atoms with Crippen molar-refractivity contribution in [1.82, 2.24) is 4.98 Å². The van der Waals surface area contributed by atoms with E-state index in [2.05, 4.69) is 42.2 Å². The van der Waals surface area contributed by atoms with E-state index in [1.165, 1.54) is 5.56 Å². The van der Waals surface area contributed by atoms with Crippen LogP contribution in [0.5, 0.6) is 11.6 Å². The van der Waals surface area contributed by atoms with Crippen LogP contribution >= 0.6 is 11.8 Å². The van der Waals surface area contributed by atoms with Gasteiger partial charge in [0.2, 0.25) is 5.88 Å². The zero-order chi connectivity index (χ0) is 19.1. The molecule has 3 aromatic rings. The third-order valence-electron chi connectivity index (χ3n) is 4.58. The molecule has 4 N–H and O–H groups in total. The van der Waals surface area contributed by atoms with Gasteiger partial charge in [-0.25, -0.2) is 0 Å². The second-order valence-electron chi connectivity index (χ2n) is 6.57. The molecule has 2 aromatic carbocycles. The number of hydrogen-bond acceptors (Lipinski definition) is 6. The monoisotopic (exact) mass is 374 g/mol. The molecule has 0 amide bonds. The van der Waals surface area contributed by atoms with Gasteiger partial charge in [-0.1, -0.05) is 29.8 Å². The van der Waals surface area contributed by atoms with Crippen molar-refractivity contribution in [2.45, 2.75) is 24.0 Å². The van der Waals surface area contributed by atoms with Gasteiger partial charge < -0.3 is 16.2 Å². The molecular weight excluding hydrogens is 356 g/mol. The number of benzene rings is 2. The number of nitrogen functional groups attached to an aromatic ring is 2. The van der Waals surface area contributed by atoms with Crippen molar-refractivity contribution in [2.24, 2.45) is 0 Å². The number of rotatable bonds is 2. The van der Waals surface area contributed by atoms with Gasteiger partial charge in [0.25, 0.3) is 0 Å². The lowest BCUT2D eigenvalue weighted by molar-refractivity contribution is 0.440. The fourth-order valence-electron chi connectivity index (χ4n) is 3.14. The Kier molecular flexibility index (Phi) is 4.17. The normalized spacial score (nSPS) is 14.6. The van der Waals surface area contributed by atoms with E-state index in [-0.39, 0.29) is 16.6 Å². The number of fused-ring (bicyclic) bond motifs is 2. The largest absolute Gasteiger partial charge is 0.438 e. The van der Waals surface area contributed by atoms with Gasteiger partial charge in [0.15, 0.2) is 0 Å². The van der Waals surface area contributed by atoms with Crippen molar-refractivity contribution in [2.75, 3.05) is 11.5 Å². The van der Waals surface area contributed by atoms with Crippen molar-refractivity contribution in [3.8, 4) is 17.7 Å². The first-order valence-corrected chi connectivity index (χ1v) is 9.36. The molecule has 0 radical (unpaired) electrons. The number of hydrogen-bond donors (Lipinski definition) is 2. The van der Waals surface area contributed by atoms with Gasteiger partial charge in [0.05, 0.1) is 16.5 Å². The molecular formula is C21H18N4OS. The highest BCUT2D eigenvalue weighted by molar-refractivity contribution is 7.99. The second kappa shape index (κ2) is 6.53. The van der Waals surface area contributed by atoms with E-state index < -0.39 is 0 Å². The Balaban J connectivity index is 1.91. The first-order chi connectivity index (χ1) is 13.0. The second-order valence-corrected chi connectivity index (χ2v) is 7.75. The number of ether oxygens (including phenoxy) is 1. The van der Waals surface area contributed by atoms with Crippen LogP contribution in [0.2, 0.25) is 0 Å². The minimum Gasteiger partial charge on any atom is -0.438 e. The molecule has 134 valence electrons. The molecule has 1 unspecified atom stereocenters. The van der Waals surface area contributed by atoms with Crippen LogP contribution in [0, 0.1) is 25.2 Å². The van der Waals surface area contributed by atoms with E-state index in [9.17, 15) is 5.26 Å².